The summed E-state index contributed by atoms with van der Waals surface area (Å²) in [5, 5.41) is 4.73. The summed E-state index contributed by atoms with van der Waals surface area (Å²) in [5.74, 6) is 0.135. The highest BCUT2D eigenvalue weighted by Gasteiger charge is 2.30. The summed E-state index contributed by atoms with van der Waals surface area (Å²) in [4.78, 5) is 20.1. The van der Waals surface area contributed by atoms with Crippen LogP contribution in [0.3, 0.4) is 0 Å². The summed E-state index contributed by atoms with van der Waals surface area (Å²) >= 11 is 0. The molecule has 2 aliphatic heterocycles. The number of ether oxygens (including phenoxy) is 2. The Morgan fingerprint density at radius 1 is 1.16 bits per heavy atom. The maximum absolute atomic E-state index is 13.2. The maximum Gasteiger partial charge on any atom is 0.353 e. The Morgan fingerprint density at radius 3 is 2.58 bits per heavy atom. The van der Waals surface area contributed by atoms with Crippen LogP contribution in [0.2, 0.25) is 0 Å². The highest BCUT2D eigenvalue weighted by atomic mass is 16.5. The predicted octanol–water partition coefficient (Wildman–Crippen LogP) is 1.93. The number of hydrogen-bond donors (Lipinski definition) is 1. The minimum absolute atomic E-state index is 0.00253. The predicted molar refractivity (Wildman–Crippen MR) is 118 cm³/mol. The van der Waals surface area contributed by atoms with Gasteiger partial charge in [0.1, 0.15) is 11.4 Å². The monoisotopic (exact) mass is 424 g/mol. The zero-order chi connectivity index (χ0) is 21.5. The first-order valence-electron chi connectivity index (χ1n) is 10.9. The Kier molecular flexibility index (Phi) is 5.15. The molecule has 1 aromatic carbocycles. The highest BCUT2D eigenvalue weighted by molar-refractivity contribution is 5.86. The number of anilines is 2. The first kappa shape index (κ1) is 20.0. The number of fused-ring (bicyclic) bond motifs is 1. The van der Waals surface area contributed by atoms with Crippen LogP contribution in [-0.2, 0) is 16.0 Å². The second-order valence-corrected chi connectivity index (χ2v) is 8.45. The molecule has 2 saturated heterocycles. The molecule has 0 amide bonds. The van der Waals surface area contributed by atoms with Gasteiger partial charge in [0, 0.05) is 25.3 Å². The Hall–Kier alpha value is -2.91. The van der Waals surface area contributed by atoms with E-state index in [9.17, 15) is 4.79 Å². The molecule has 0 saturated carbocycles. The van der Waals surface area contributed by atoms with Gasteiger partial charge in [0.05, 0.1) is 24.9 Å². The standard InChI is InChI=1S/C22H28N6O3/c1-14-11-26(12-15(2)31-14)19-18(16-7-4-3-5-8-16)24-21(23)28-20(19)25-27(22(28)29)13-17-9-6-10-30-17/h3-5,7-8,14-15,17H,6,9-13H2,1-2H3,(H2,23,24)/t14-,15+,17-/m1/s1. The number of benzene rings is 1. The van der Waals surface area contributed by atoms with Gasteiger partial charge < -0.3 is 20.1 Å². The molecular weight excluding hydrogens is 396 g/mol. The molecular formula is C22H28N6O3. The van der Waals surface area contributed by atoms with Gasteiger partial charge in [-0.05, 0) is 26.7 Å². The lowest BCUT2D eigenvalue weighted by Gasteiger charge is -2.37. The van der Waals surface area contributed by atoms with Crippen LogP contribution in [0.5, 0.6) is 0 Å². The Bertz CT molecular complexity index is 1130. The van der Waals surface area contributed by atoms with Crippen molar-refractivity contribution >= 4 is 17.3 Å². The van der Waals surface area contributed by atoms with Crippen molar-refractivity contribution in [2.45, 2.75) is 51.5 Å². The van der Waals surface area contributed by atoms with E-state index in [0.29, 0.717) is 25.3 Å². The lowest BCUT2D eigenvalue weighted by molar-refractivity contribution is -0.00513. The Balaban J connectivity index is 1.71. The second kappa shape index (κ2) is 7.97. The molecule has 0 spiro atoms. The van der Waals surface area contributed by atoms with Crippen molar-refractivity contribution in [2.75, 3.05) is 30.3 Å². The van der Waals surface area contributed by atoms with Crippen molar-refractivity contribution in [3.05, 3.63) is 40.8 Å². The Labute approximate surface area is 180 Å². The van der Waals surface area contributed by atoms with Gasteiger partial charge in [-0.2, -0.15) is 0 Å². The summed E-state index contributed by atoms with van der Waals surface area (Å²) in [7, 11) is 0. The fourth-order valence-corrected chi connectivity index (χ4v) is 4.64. The van der Waals surface area contributed by atoms with Crippen molar-refractivity contribution in [3.63, 3.8) is 0 Å². The lowest BCUT2D eigenvalue weighted by Crippen LogP contribution is -2.46. The molecule has 2 aromatic heterocycles. The minimum atomic E-state index is -0.286. The molecule has 0 unspecified atom stereocenters. The van der Waals surface area contributed by atoms with Gasteiger partial charge >= 0.3 is 5.69 Å². The van der Waals surface area contributed by atoms with Gasteiger partial charge in [-0.1, -0.05) is 30.3 Å². The molecule has 3 atom stereocenters. The van der Waals surface area contributed by atoms with Crippen molar-refractivity contribution in [3.8, 4) is 11.3 Å². The highest BCUT2D eigenvalue weighted by Crippen LogP contribution is 2.35. The lowest BCUT2D eigenvalue weighted by atomic mass is 10.1. The van der Waals surface area contributed by atoms with Crippen LogP contribution < -0.4 is 16.3 Å². The SMILES string of the molecule is C[C@@H]1CN(c2c(-c3ccccc3)nc(N)n3c(=O)n(C[C@H]4CCCO4)nc23)C[C@H](C)O1. The van der Waals surface area contributed by atoms with Crippen molar-refractivity contribution < 1.29 is 9.47 Å². The van der Waals surface area contributed by atoms with Crippen LogP contribution >= 0.6 is 0 Å². The molecule has 9 heteroatoms. The van der Waals surface area contributed by atoms with E-state index in [-0.39, 0.29) is 29.9 Å². The van der Waals surface area contributed by atoms with Crippen LogP contribution in [0, 0.1) is 0 Å². The largest absolute Gasteiger partial charge is 0.376 e. The van der Waals surface area contributed by atoms with E-state index in [2.05, 4.69) is 23.7 Å². The van der Waals surface area contributed by atoms with E-state index < -0.39 is 0 Å². The average Bonchev–Trinajstić information content (AvgIpc) is 3.36. The van der Waals surface area contributed by atoms with Gasteiger partial charge in [-0.15, -0.1) is 5.10 Å². The van der Waals surface area contributed by atoms with E-state index in [0.717, 1.165) is 36.4 Å². The first-order valence-corrected chi connectivity index (χ1v) is 10.9. The van der Waals surface area contributed by atoms with Crippen molar-refractivity contribution in [1.29, 1.82) is 0 Å². The van der Waals surface area contributed by atoms with Gasteiger partial charge in [0.15, 0.2) is 5.65 Å². The molecule has 9 nitrogen and oxygen atoms in total. The number of morpholine rings is 1. The molecule has 4 heterocycles. The van der Waals surface area contributed by atoms with Crippen LogP contribution in [0.1, 0.15) is 26.7 Å². The van der Waals surface area contributed by atoms with E-state index in [1.54, 1.807) is 0 Å². The van der Waals surface area contributed by atoms with Gasteiger partial charge in [-0.25, -0.2) is 18.9 Å². The third kappa shape index (κ3) is 3.68. The van der Waals surface area contributed by atoms with Gasteiger partial charge in [-0.3, -0.25) is 0 Å². The normalized spacial score (nSPS) is 24.2. The Morgan fingerprint density at radius 2 is 1.90 bits per heavy atom. The number of aromatic nitrogens is 4. The molecule has 31 heavy (non-hydrogen) atoms. The minimum Gasteiger partial charge on any atom is -0.376 e. The van der Waals surface area contributed by atoms with E-state index in [4.69, 9.17) is 20.3 Å². The number of nitrogens with two attached hydrogens (primary N) is 1. The molecule has 2 fully saturated rings. The van der Waals surface area contributed by atoms with Crippen LogP contribution in [-0.4, -0.2) is 57.2 Å². The van der Waals surface area contributed by atoms with Crippen LogP contribution in [0.25, 0.3) is 16.9 Å². The number of nitrogen functional groups attached to an aromatic ring is 1. The van der Waals surface area contributed by atoms with Crippen molar-refractivity contribution in [1.82, 2.24) is 19.2 Å². The summed E-state index contributed by atoms with van der Waals surface area (Å²) in [6, 6.07) is 9.89. The molecule has 2 N–H and O–H groups in total. The second-order valence-electron chi connectivity index (χ2n) is 8.45. The number of hydrogen-bond acceptors (Lipinski definition) is 7. The van der Waals surface area contributed by atoms with Crippen LogP contribution in [0.15, 0.2) is 35.1 Å². The average molecular weight is 425 g/mol. The molecule has 2 aliphatic rings. The van der Waals surface area contributed by atoms with Crippen molar-refractivity contribution in [2.24, 2.45) is 0 Å². The summed E-state index contributed by atoms with van der Waals surface area (Å²) in [6.45, 7) is 6.60. The molecule has 0 bridgehead atoms. The third-order valence-corrected chi connectivity index (χ3v) is 5.91. The quantitative estimate of drug-likeness (QED) is 0.683. The molecule has 5 rings (SSSR count). The maximum atomic E-state index is 13.2. The number of nitrogens with zero attached hydrogens (tertiary/aromatic N) is 5. The molecule has 164 valence electrons. The zero-order valence-corrected chi connectivity index (χ0v) is 17.9. The van der Waals surface area contributed by atoms with E-state index >= 15 is 0 Å². The van der Waals surface area contributed by atoms with Crippen LogP contribution in [0.4, 0.5) is 11.6 Å². The summed E-state index contributed by atoms with van der Waals surface area (Å²) in [6.07, 6.45) is 2.02. The third-order valence-electron chi connectivity index (χ3n) is 5.91. The fourth-order valence-electron chi connectivity index (χ4n) is 4.64. The smallest absolute Gasteiger partial charge is 0.353 e. The first-order chi connectivity index (χ1) is 15.0. The van der Waals surface area contributed by atoms with E-state index in [1.807, 2.05) is 30.3 Å². The topological polar surface area (TPSA) is 99.9 Å². The molecule has 0 aliphatic carbocycles. The summed E-state index contributed by atoms with van der Waals surface area (Å²) < 4.78 is 14.5. The van der Waals surface area contributed by atoms with Gasteiger partial charge in [0.2, 0.25) is 5.95 Å². The zero-order valence-electron chi connectivity index (χ0n) is 17.9. The molecule has 3 aromatic rings. The van der Waals surface area contributed by atoms with E-state index in [1.165, 1.54) is 9.08 Å². The number of rotatable bonds is 4. The molecule has 0 radical (unpaired) electrons. The summed E-state index contributed by atoms with van der Waals surface area (Å²) in [5.41, 5.74) is 9.00. The fraction of sp³-hybridized carbons (Fsp3) is 0.500. The van der Waals surface area contributed by atoms with Gasteiger partial charge in [0.25, 0.3) is 0 Å².